The van der Waals surface area contributed by atoms with E-state index in [1.807, 2.05) is 0 Å². The van der Waals surface area contributed by atoms with Gasteiger partial charge in [-0.1, -0.05) is 22.6 Å². The average Bonchev–Trinajstić information content (AvgIpc) is 2.03. The molecule has 0 aromatic carbocycles. The Balaban J connectivity index is 2.02. The van der Waals surface area contributed by atoms with E-state index in [0.29, 0.717) is 19.8 Å². The van der Waals surface area contributed by atoms with Crippen molar-refractivity contribution >= 4 is 22.6 Å². The second-order valence-corrected chi connectivity index (χ2v) is 3.01. The molecule has 0 amide bonds. The van der Waals surface area contributed by atoms with Crippen LogP contribution in [0.5, 0.6) is 0 Å². The molecular weight excluding hydrogens is 247 g/mol. The molecule has 1 rings (SSSR count). The quantitative estimate of drug-likeness (QED) is 0.554. The molecule has 10 heavy (non-hydrogen) atoms. The standard InChI is InChI=1S/C6H11IO3/c7-1-2-9-6-5-8-3-4-10-6/h6H,1-5H2. The van der Waals surface area contributed by atoms with Gasteiger partial charge in [0.25, 0.3) is 0 Å². The lowest BCUT2D eigenvalue weighted by Crippen LogP contribution is -2.31. The first kappa shape index (κ1) is 8.70. The van der Waals surface area contributed by atoms with Crippen molar-refractivity contribution < 1.29 is 14.2 Å². The fourth-order valence-corrected chi connectivity index (χ4v) is 0.993. The highest BCUT2D eigenvalue weighted by Gasteiger charge is 2.13. The first-order valence-electron chi connectivity index (χ1n) is 3.30. The maximum atomic E-state index is 5.28. The zero-order chi connectivity index (χ0) is 7.23. The Hall–Kier alpha value is 0.610. The lowest BCUT2D eigenvalue weighted by atomic mass is 10.6. The number of rotatable bonds is 3. The zero-order valence-corrected chi connectivity index (χ0v) is 7.87. The highest BCUT2D eigenvalue weighted by atomic mass is 127. The van der Waals surface area contributed by atoms with Gasteiger partial charge in [-0.05, 0) is 0 Å². The van der Waals surface area contributed by atoms with Gasteiger partial charge in [0.2, 0.25) is 0 Å². The van der Waals surface area contributed by atoms with Crippen molar-refractivity contribution in [2.24, 2.45) is 0 Å². The molecule has 0 bridgehead atoms. The molecular formula is C6H11IO3. The summed E-state index contributed by atoms with van der Waals surface area (Å²) in [5.41, 5.74) is 0. The largest absolute Gasteiger partial charge is 0.374 e. The molecule has 0 N–H and O–H groups in total. The van der Waals surface area contributed by atoms with Gasteiger partial charge in [-0.3, -0.25) is 0 Å². The first-order valence-corrected chi connectivity index (χ1v) is 4.83. The highest BCUT2D eigenvalue weighted by Crippen LogP contribution is 2.02. The molecule has 4 heteroatoms. The Morgan fingerprint density at radius 3 is 3.00 bits per heavy atom. The molecule has 1 saturated heterocycles. The molecule has 0 aliphatic carbocycles. The summed E-state index contributed by atoms with van der Waals surface area (Å²) in [6, 6.07) is 0. The van der Waals surface area contributed by atoms with Crippen LogP contribution in [-0.2, 0) is 14.2 Å². The predicted molar refractivity (Wildman–Crippen MR) is 45.4 cm³/mol. The van der Waals surface area contributed by atoms with Gasteiger partial charge in [0.05, 0.1) is 26.4 Å². The summed E-state index contributed by atoms with van der Waals surface area (Å²) in [5, 5.41) is 0. The van der Waals surface area contributed by atoms with Crippen molar-refractivity contribution in [3.05, 3.63) is 0 Å². The minimum absolute atomic E-state index is 0.122. The molecule has 0 radical (unpaired) electrons. The Morgan fingerprint density at radius 1 is 1.50 bits per heavy atom. The van der Waals surface area contributed by atoms with Crippen molar-refractivity contribution in [1.82, 2.24) is 0 Å². The molecule has 0 spiro atoms. The summed E-state index contributed by atoms with van der Waals surface area (Å²) in [4.78, 5) is 0. The maximum absolute atomic E-state index is 5.28. The van der Waals surface area contributed by atoms with E-state index < -0.39 is 0 Å². The second kappa shape index (κ2) is 5.29. The molecule has 3 nitrogen and oxygen atoms in total. The Labute approximate surface area is 74.2 Å². The van der Waals surface area contributed by atoms with Gasteiger partial charge in [0.1, 0.15) is 0 Å². The van der Waals surface area contributed by atoms with Crippen LogP contribution in [0.1, 0.15) is 0 Å². The van der Waals surface area contributed by atoms with Gasteiger partial charge in [-0.25, -0.2) is 0 Å². The third-order valence-electron chi connectivity index (χ3n) is 1.17. The van der Waals surface area contributed by atoms with E-state index >= 15 is 0 Å². The number of alkyl halides is 1. The number of halogens is 1. The van der Waals surface area contributed by atoms with Gasteiger partial charge in [-0.2, -0.15) is 0 Å². The fourth-order valence-electron chi connectivity index (χ4n) is 0.738. The lowest BCUT2D eigenvalue weighted by molar-refractivity contribution is -0.208. The number of ether oxygens (including phenoxy) is 3. The van der Waals surface area contributed by atoms with Crippen molar-refractivity contribution in [2.75, 3.05) is 30.9 Å². The third kappa shape index (κ3) is 3.14. The van der Waals surface area contributed by atoms with Gasteiger partial charge < -0.3 is 14.2 Å². The van der Waals surface area contributed by atoms with Gasteiger partial charge in [-0.15, -0.1) is 0 Å². The second-order valence-electron chi connectivity index (χ2n) is 1.94. The van der Waals surface area contributed by atoms with Crippen molar-refractivity contribution in [1.29, 1.82) is 0 Å². The first-order chi connectivity index (χ1) is 4.93. The molecule has 0 saturated carbocycles. The van der Waals surface area contributed by atoms with Gasteiger partial charge in [0.15, 0.2) is 6.29 Å². The zero-order valence-electron chi connectivity index (χ0n) is 5.72. The van der Waals surface area contributed by atoms with Gasteiger partial charge >= 0.3 is 0 Å². The molecule has 0 aromatic rings. The molecule has 1 aliphatic rings. The Bertz CT molecular complexity index is 83.1. The average molecular weight is 258 g/mol. The molecule has 0 aromatic heterocycles. The van der Waals surface area contributed by atoms with Crippen LogP contribution >= 0.6 is 22.6 Å². The Kier molecular flexibility index (Phi) is 4.60. The summed E-state index contributed by atoms with van der Waals surface area (Å²) < 4.78 is 16.6. The summed E-state index contributed by atoms with van der Waals surface area (Å²) in [6.07, 6.45) is -0.122. The predicted octanol–water partition coefficient (Wildman–Crippen LogP) is 0.811. The van der Waals surface area contributed by atoms with Crippen LogP contribution in [0.15, 0.2) is 0 Å². The molecule has 1 atom stereocenters. The van der Waals surface area contributed by atoms with E-state index in [1.54, 1.807) is 0 Å². The SMILES string of the molecule is ICCOC1COCCO1. The van der Waals surface area contributed by atoms with Crippen LogP contribution in [0.4, 0.5) is 0 Å². The minimum atomic E-state index is -0.122. The molecule has 1 unspecified atom stereocenters. The van der Waals surface area contributed by atoms with Crippen LogP contribution in [-0.4, -0.2) is 37.1 Å². The van der Waals surface area contributed by atoms with E-state index in [0.717, 1.165) is 11.0 Å². The van der Waals surface area contributed by atoms with E-state index in [-0.39, 0.29) is 6.29 Å². The third-order valence-corrected chi connectivity index (χ3v) is 1.61. The summed E-state index contributed by atoms with van der Waals surface area (Å²) in [5.74, 6) is 0. The normalized spacial score (nSPS) is 26.7. The van der Waals surface area contributed by atoms with Gasteiger partial charge in [0, 0.05) is 4.43 Å². The summed E-state index contributed by atoms with van der Waals surface area (Å²) in [7, 11) is 0. The molecule has 1 aliphatic heterocycles. The van der Waals surface area contributed by atoms with Crippen LogP contribution in [0.2, 0.25) is 0 Å². The number of hydrogen-bond donors (Lipinski definition) is 0. The Morgan fingerprint density at radius 2 is 2.40 bits per heavy atom. The van der Waals surface area contributed by atoms with Crippen LogP contribution < -0.4 is 0 Å². The maximum Gasteiger partial charge on any atom is 0.180 e. The topological polar surface area (TPSA) is 27.7 Å². The van der Waals surface area contributed by atoms with E-state index in [1.165, 1.54) is 0 Å². The summed E-state index contributed by atoms with van der Waals surface area (Å²) >= 11 is 2.26. The van der Waals surface area contributed by atoms with E-state index in [4.69, 9.17) is 14.2 Å². The van der Waals surface area contributed by atoms with Crippen molar-refractivity contribution in [2.45, 2.75) is 6.29 Å². The van der Waals surface area contributed by atoms with E-state index in [9.17, 15) is 0 Å². The summed E-state index contributed by atoms with van der Waals surface area (Å²) in [6.45, 7) is 2.68. The van der Waals surface area contributed by atoms with Crippen molar-refractivity contribution in [3.63, 3.8) is 0 Å². The molecule has 1 fully saturated rings. The van der Waals surface area contributed by atoms with Crippen LogP contribution in [0.3, 0.4) is 0 Å². The highest BCUT2D eigenvalue weighted by molar-refractivity contribution is 14.1. The lowest BCUT2D eigenvalue weighted by Gasteiger charge is -2.22. The van der Waals surface area contributed by atoms with E-state index in [2.05, 4.69) is 22.6 Å². The van der Waals surface area contributed by atoms with Crippen LogP contribution in [0.25, 0.3) is 0 Å². The molecule has 1 heterocycles. The van der Waals surface area contributed by atoms with Crippen LogP contribution in [0, 0.1) is 0 Å². The minimum Gasteiger partial charge on any atom is -0.374 e. The molecule has 60 valence electrons. The fraction of sp³-hybridized carbons (Fsp3) is 1.00. The number of hydrogen-bond acceptors (Lipinski definition) is 3. The van der Waals surface area contributed by atoms with Crippen molar-refractivity contribution in [3.8, 4) is 0 Å². The smallest absolute Gasteiger partial charge is 0.180 e. The monoisotopic (exact) mass is 258 g/mol.